The highest BCUT2D eigenvalue weighted by Crippen LogP contribution is 2.15. The van der Waals surface area contributed by atoms with Crippen LogP contribution in [-0.4, -0.2) is 37.2 Å². The van der Waals surface area contributed by atoms with Crippen LogP contribution in [0.1, 0.15) is 239 Å². The van der Waals surface area contributed by atoms with Crippen molar-refractivity contribution in [3.05, 3.63) is 60.8 Å². The van der Waals surface area contributed by atoms with Crippen molar-refractivity contribution in [2.45, 2.75) is 245 Å². The van der Waals surface area contributed by atoms with Gasteiger partial charge in [-0.3, -0.25) is 14.4 Å². The van der Waals surface area contributed by atoms with Gasteiger partial charge >= 0.3 is 17.9 Å². The van der Waals surface area contributed by atoms with Crippen molar-refractivity contribution < 1.29 is 28.6 Å². The maximum atomic E-state index is 12.7. The van der Waals surface area contributed by atoms with Crippen LogP contribution in [0.2, 0.25) is 0 Å². The first-order valence-corrected chi connectivity index (χ1v) is 24.8. The number of unbranched alkanes of at least 4 members (excludes halogenated alkanes) is 25. The summed E-state index contributed by atoms with van der Waals surface area (Å²) < 4.78 is 16.7. The van der Waals surface area contributed by atoms with E-state index in [1.54, 1.807) is 0 Å². The van der Waals surface area contributed by atoms with E-state index in [1.165, 1.54) is 83.5 Å². The topological polar surface area (TPSA) is 78.9 Å². The second kappa shape index (κ2) is 47.8. The summed E-state index contributed by atoms with van der Waals surface area (Å²) in [5.74, 6) is -0.919. The van der Waals surface area contributed by atoms with Gasteiger partial charge in [0.25, 0.3) is 0 Å². The van der Waals surface area contributed by atoms with Crippen LogP contribution in [0.5, 0.6) is 0 Å². The number of hydrogen-bond acceptors (Lipinski definition) is 6. The average Bonchev–Trinajstić information content (AvgIpc) is 3.23. The summed E-state index contributed by atoms with van der Waals surface area (Å²) in [7, 11) is 0. The third-order valence-corrected chi connectivity index (χ3v) is 10.6. The molecule has 6 heteroatoms. The predicted molar refractivity (Wildman–Crippen MR) is 251 cm³/mol. The van der Waals surface area contributed by atoms with Crippen molar-refractivity contribution in [1.29, 1.82) is 0 Å². The molecule has 0 amide bonds. The van der Waals surface area contributed by atoms with Gasteiger partial charge in [-0.1, -0.05) is 216 Å². The van der Waals surface area contributed by atoms with E-state index in [4.69, 9.17) is 14.2 Å². The molecule has 0 rings (SSSR count). The minimum absolute atomic E-state index is 0.0857. The zero-order valence-electron chi connectivity index (χ0n) is 38.8. The molecule has 0 N–H and O–H groups in total. The number of rotatable bonds is 44. The van der Waals surface area contributed by atoms with Gasteiger partial charge in [0.15, 0.2) is 6.10 Å². The summed E-state index contributed by atoms with van der Waals surface area (Å²) in [5.41, 5.74) is 0. The van der Waals surface area contributed by atoms with Crippen LogP contribution < -0.4 is 0 Å². The number of carbonyl (C=O) groups excluding carboxylic acids is 3. The SMILES string of the molecule is CC\C=C/C=C\C=C/CCCCCCCC(=O)OC(COC(=O)CCCCCCC/C=C\C/C=C\CC)COC(=O)CCCCCCCCCCCCCCCCCC. The summed E-state index contributed by atoms with van der Waals surface area (Å²) >= 11 is 0. The van der Waals surface area contributed by atoms with Crippen molar-refractivity contribution in [3.63, 3.8) is 0 Å². The monoisotopic (exact) mass is 825 g/mol. The zero-order chi connectivity index (χ0) is 43.0. The van der Waals surface area contributed by atoms with E-state index in [1.807, 2.05) is 0 Å². The highest BCUT2D eigenvalue weighted by Gasteiger charge is 2.19. The third-order valence-electron chi connectivity index (χ3n) is 10.6. The lowest BCUT2D eigenvalue weighted by molar-refractivity contribution is -0.167. The first-order chi connectivity index (χ1) is 29.0. The molecule has 0 heterocycles. The van der Waals surface area contributed by atoms with Crippen molar-refractivity contribution in [1.82, 2.24) is 0 Å². The van der Waals surface area contributed by atoms with Crippen LogP contribution in [0, 0.1) is 0 Å². The normalized spacial score (nSPS) is 12.5. The standard InChI is InChI=1S/C53H92O6/c1-4-7-10-13-16-19-22-25-26-27-29-31-34-37-40-43-46-52(55)58-49-50(48-57-51(54)45-42-39-36-33-30-24-21-18-15-12-9-6-3)59-53(56)47-44-41-38-35-32-28-23-20-17-14-11-8-5-2/h8-9,11-12,14,17-18,20-21,23,50H,4-7,10,13,15-16,19,22,24-49H2,1-3H3/b11-8-,12-9-,17-14-,21-18-,23-20-. The van der Waals surface area contributed by atoms with E-state index < -0.39 is 6.10 Å². The minimum atomic E-state index is -0.787. The summed E-state index contributed by atoms with van der Waals surface area (Å²) in [6.07, 6.45) is 57.8. The Bertz CT molecular complexity index is 1090. The van der Waals surface area contributed by atoms with Gasteiger partial charge in [0.05, 0.1) is 0 Å². The summed E-state index contributed by atoms with van der Waals surface area (Å²) in [5, 5.41) is 0. The number of carbonyl (C=O) groups is 3. The average molecular weight is 825 g/mol. The summed E-state index contributed by atoms with van der Waals surface area (Å²) in [4.78, 5) is 37.9. The molecule has 0 aromatic heterocycles. The fourth-order valence-corrected chi connectivity index (χ4v) is 6.89. The van der Waals surface area contributed by atoms with E-state index in [0.717, 1.165) is 116 Å². The smallest absolute Gasteiger partial charge is 0.306 e. The largest absolute Gasteiger partial charge is 0.462 e. The predicted octanol–water partition coefficient (Wildman–Crippen LogP) is 16.1. The Balaban J connectivity index is 4.38. The first-order valence-electron chi connectivity index (χ1n) is 24.8. The molecule has 0 aliphatic carbocycles. The van der Waals surface area contributed by atoms with Crippen molar-refractivity contribution >= 4 is 17.9 Å². The first kappa shape index (κ1) is 56.1. The Hall–Kier alpha value is -2.89. The fourth-order valence-electron chi connectivity index (χ4n) is 6.89. The van der Waals surface area contributed by atoms with Crippen LogP contribution in [0.25, 0.3) is 0 Å². The molecule has 59 heavy (non-hydrogen) atoms. The highest BCUT2D eigenvalue weighted by molar-refractivity contribution is 5.71. The molecule has 0 spiro atoms. The minimum Gasteiger partial charge on any atom is -0.462 e. The molecule has 340 valence electrons. The van der Waals surface area contributed by atoms with Gasteiger partial charge in [0.1, 0.15) is 13.2 Å². The van der Waals surface area contributed by atoms with Crippen LogP contribution in [0.15, 0.2) is 60.8 Å². The lowest BCUT2D eigenvalue weighted by Gasteiger charge is -2.18. The molecule has 1 atom stereocenters. The summed E-state index contributed by atoms with van der Waals surface area (Å²) in [6, 6.07) is 0. The Morgan fingerprint density at radius 3 is 1.20 bits per heavy atom. The molecule has 6 nitrogen and oxygen atoms in total. The molecule has 0 aliphatic rings. The van der Waals surface area contributed by atoms with E-state index in [0.29, 0.717) is 19.3 Å². The molecule has 1 unspecified atom stereocenters. The molecule has 0 aliphatic heterocycles. The third kappa shape index (κ3) is 46.0. The number of esters is 3. The van der Waals surface area contributed by atoms with E-state index in [-0.39, 0.29) is 31.1 Å². The second-order valence-corrected chi connectivity index (χ2v) is 16.4. The Morgan fingerprint density at radius 2 is 0.746 bits per heavy atom. The van der Waals surface area contributed by atoms with E-state index >= 15 is 0 Å². The van der Waals surface area contributed by atoms with Gasteiger partial charge in [-0.05, 0) is 64.2 Å². The van der Waals surface area contributed by atoms with E-state index in [2.05, 4.69) is 81.5 Å². The lowest BCUT2D eigenvalue weighted by atomic mass is 10.0. The lowest BCUT2D eigenvalue weighted by Crippen LogP contribution is -2.30. The zero-order valence-corrected chi connectivity index (χ0v) is 38.8. The van der Waals surface area contributed by atoms with Crippen LogP contribution in [0.4, 0.5) is 0 Å². The molecular weight excluding hydrogens is 733 g/mol. The summed E-state index contributed by atoms with van der Waals surface area (Å²) in [6.45, 7) is 6.37. The Labute approximate surface area is 364 Å². The highest BCUT2D eigenvalue weighted by atomic mass is 16.6. The molecule has 0 aromatic rings. The van der Waals surface area contributed by atoms with Crippen molar-refractivity contribution in [2.75, 3.05) is 13.2 Å². The maximum absolute atomic E-state index is 12.7. The molecule has 0 saturated carbocycles. The van der Waals surface area contributed by atoms with Crippen LogP contribution in [0.3, 0.4) is 0 Å². The van der Waals surface area contributed by atoms with Crippen molar-refractivity contribution in [2.24, 2.45) is 0 Å². The molecule has 0 saturated heterocycles. The molecule has 0 fully saturated rings. The second-order valence-electron chi connectivity index (χ2n) is 16.4. The molecule has 0 radical (unpaired) electrons. The van der Waals surface area contributed by atoms with Crippen molar-refractivity contribution in [3.8, 4) is 0 Å². The number of ether oxygens (including phenoxy) is 3. The molecule has 0 bridgehead atoms. The quantitative estimate of drug-likeness (QED) is 0.0200. The van der Waals surface area contributed by atoms with Gasteiger partial charge in [-0.15, -0.1) is 0 Å². The maximum Gasteiger partial charge on any atom is 0.306 e. The van der Waals surface area contributed by atoms with Gasteiger partial charge in [0.2, 0.25) is 0 Å². The Kier molecular flexibility index (Phi) is 45.4. The van der Waals surface area contributed by atoms with E-state index in [9.17, 15) is 14.4 Å². The van der Waals surface area contributed by atoms with Gasteiger partial charge in [0, 0.05) is 19.3 Å². The Morgan fingerprint density at radius 1 is 0.373 bits per heavy atom. The molecular formula is C53H92O6. The van der Waals surface area contributed by atoms with Gasteiger partial charge < -0.3 is 14.2 Å². The van der Waals surface area contributed by atoms with Gasteiger partial charge in [-0.2, -0.15) is 0 Å². The molecule has 0 aromatic carbocycles. The number of allylic oxidation sites excluding steroid dienone is 10. The number of hydrogen-bond donors (Lipinski definition) is 0. The van der Waals surface area contributed by atoms with Gasteiger partial charge in [-0.25, -0.2) is 0 Å². The van der Waals surface area contributed by atoms with Crippen LogP contribution >= 0.6 is 0 Å². The fraction of sp³-hybridized carbons (Fsp3) is 0.755. The van der Waals surface area contributed by atoms with Crippen LogP contribution in [-0.2, 0) is 28.6 Å².